The maximum atomic E-state index is 13.1. The molecule has 2 aliphatic rings. The quantitative estimate of drug-likeness (QED) is 0.836. The molecule has 6 nitrogen and oxygen atoms in total. The van der Waals surface area contributed by atoms with E-state index in [2.05, 4.69) is 10.6 Å². The second-order valence-electron chi connectivity index (χ2n) is 6.80. The molecule has 3 amide bonds. The first-order chi connectivity index (χ1) is 13.5. The molecule has 0 saturated carbocycles. The summed E-state index contributed by atoms with van der Waals surface area (Å²) < 4.78 is 18.2. The summed E-state index contributed by atoms with van der Waals surface area (Å²) in [4.78, 5) is 26.8. The van der Waals surface area contributed by atoms with E-state index in [0.29, 0.717) is 36.5 Å². The lowest BCUT2D eigenvalue weighted by molar-refractivity contribution is -0.125. The number of nitrogens with one attached hydrogen (secondary N) is 2. The Hall–Kier alpha value is -3.35. The van der Waals surface area contributed by atoms with Gasteiger partial charge in [0.15, 0.2) is 0 Å². The number of hydrogen-bond acceptors (Lipinski definition) is 3. The van der Waals surface area contributed by atoms with Crippen LogP contribution in [-0.4, -0.2) is 37.0 Å². The Morgan fingerprint density at radius 2 is 1.82 bits per heavy atom. The summed E-state index contributed by atoms with van der Waals surface area (Å²) >= 11 is 0. The lowest BCUT2D eigenvalue weighted by Gasteiger charge is -2.25. The monoisotopic (exact) mass is 381 g/mol. The topological polar surface area (TPSA) is 70.7 Å². The van der Waals surface area contributed by atoms with Crippen LogP contribution in [-0.2, 0) is 11.2 Å². The third-order valence-corrected chi connectivity index (χ3v) is 5.05. The molecule has 1 atom stereocenters. The molecule has 2 aromatic rings. The van der Waals surface area contributed by atoms with Gasteiger partial charge >= 0.3 is 6.03 Å². The van der Waals surface area contributed by atoms with Gasteiger partial charge in [-0.1, -0.05) is 24.3 Å². The maximum Gasteiger partial charge on any atom is 0.319 e. The predicted octanol–water partition coefficient (Wildman–Crippen LogP) is 2.53. The summed E-state index contributed by atoms with van der Waals surface area (Å²) in [5.41, 5.74) is 2.96. The smallest absolute Gasteiger partial charge is 0.319 e. The van der Waals surface area contributed by atoms with E-state index < -0.39 is 6.04 Å². The first kappa shape index (κ1) is 18.0. The Morgan fingerprint density at radius 3 is 2.50 bits per heavy atom. The minimum absolute atomic E-state index is 0.106. The molecule has 0 fully saturated rings. The van der Waals surface area contributed by atoms with Gasteiger partial charge in [-0.05, 0) is 41.8 Å². The summed E-state index contributed by atoms with van der Waals surface area (Å²) in [6.07, 6.45) is 0.612. The Labute approximate surface area is 162 Å². The molecule has 0 unspecified atom stereocenters. The van der Waals surface area contributed by atoms with Gasteiger partial charge in [0.1, 0.15) is 11.6 Å². The van der Waals surface area contributed by atoms with Crippen LogP contribution < -0.4 is 15.4 Å². The van der Waals surface area contributed by atoms with E-state index in [1.54, 1.807) is 36.3 Å². The Morgan fingerprint density at radius 1 is 1.11 bits per heavy atom. The van der Waals surface area contributed by atoms with E-state index >= 15 is 0 Å². The lowest BCUT2D eigenvalue weighted by Crippen LogP contribution is -2.44. The van der Waals surface area contributed by atoms with Crippen LogP contribution in [0.3, 0.4) is 0 Å². The Bertz CT molecular complexity index is 938. The number of hydrogen-bond donors (Lipinski definition) is 2. The Balaban J connectivity index is 1.52. The van der Waals surface area contributed by atoms with Crippen molar-refractivity contribution >= 4 is 11.9 Å². The number of rotatable bonds is 5. The van der Waals surface area contributed by atoms with Crippen molar-refractivity contribution in [3.05, 3.63) is 76.7 Å². The van der Waals surface area contributed by atoms with Crippen molar-refractivity contribution in [3.8, 4) is 5.75 Å². The average molecular weight is 381 g/mol. The van der Waals surface area contributed by atoms with Crippen molar-refractivity contribution in [3.63, 3.8) is 0 Å². The highest BCUT2D eigenvalue weighted by atomic mass is 19.1. The molecule has 0 aromatic heterocycles. The van der Waals surface area contributed by atoms with Crippen molar-refractivity contribution in [2.24, 2.45) is 0 Å². The number of urea groups is 1. The van der Waals surface area contributed by atoms with Gasteiger partial charge in [-0.15, -0.1) is 0 Å². The van der Waals surface area contributed by atoms with Gasteiger partial charge in [-0.3, -0.25) is 4.79 Å². The highest BCUT2D eigenvalue weighted by Gasteiger charge is 2.40. The van der Waals surface area contributed by atoms with Gasteiger partial charge in [0.25, 0.3) is 5.91 Å². The van der Waals surface area contributed by atoms with Crippen LogP contribution in [0.15, 0.2) is 59.8 Å². The van der Waals surface area contributed by atoms with E-state index in [4.69, 9.17) is 4.74 Å². The molecule has 0 bridgehead atoms. The van der Waals surface area contributed by atoms with E-state index in [0.717, 1.165) is 11.1 Å². The summed E-state index contributed by atoms with van der Waals surface area (Å²) in [5, 5.41) is 5.59. The van der Waals surface area contributed by atoms with E-state index in [1.165, 1.54) is 12.1 Å². The first-order valence-electron chi connectivity index (χ1n) is 9.03. The highest BCUT2D eigenvalue weighted by molar-refractivity contribution is 6.01. The third-order valence-electron chi connectivity index (χ3n) is 5.05. The second kappa shape index (κ2) is 7.34. The van der Waals surface area contributed by atoms with Gasteiger partial charge in [0, 0.05) is 6.54 Å². The molecule has 2 N–H and O–H groups in total. The van der Waals surface area contributed by atoms with Crippen LogP contribution in [0.5, 0.6) is 5.75 Å². The largest absolute Gasteiger partial charge is 0.497 e. The molecular weight excluding hydrogens is 361 g/mol. The van der Waals surface area contributed by atoms with Gasteiger partial charge < -0.3 is 20.3 Å². The first-order valence-corrected chi connectivity index (χ1v) is 9.03. The molecule has 2 aliphatic heterocycles. The lowest BCUT2D eigenvalue weighted by atomic mass is 9.96. The fourth-order valence-electron chi connectivity index (χ4n) is 3.57. The molecular formula is C21H20FN3O3. The zero-order valence-corrected chi connectivity index (χ0v) is 15.4. The van der Waals surface area contributed by atoms with Crippen molar-refractivity contribution in [1.82, 2.24) is 15.5 Å². The number of benzene rings is 2. The third kappa shape index (κ3) is 3.43. The second-order valence-corrected chi connectivity index (χ2v) is 6.80. The standard InChI is InChI=1S/C21H20FN3O3/c1-28-16-8-4-14(5-9-16)19-18-17(23-21(27)24-19)12-25(20(18)26)11-10-13-2-6-15(22)7-3-13/h2-9,19H,10-12H2,1H3,(H2,23,24,27)/t19-/m1/s1. The molecule has 28 heavy (non-hydrogen) atoms. The highest BCUT2D eigenvalue weighted by Crippen LogP contribution is 2.33. The van der Waals surface area contributed by atoms with Crippen molar-refractivity contribution in [2.75, 3.05) is 20.2 Å². The van der Waals surface area contributed by atoms with Crippen LogP contribution in [0.1, 0.15) is 17.2 Å². The van der Waals surface area contributed by atoms with Crippen LogP contribution in [0.4, 0.5) is 9.18 Å². The van der Waals surface area contributed by atoms with Crippen molar-refractivity contribution in [2.45, 2.75) is 12.5 Å². The Kier molecular flexibility index (Phi) is 4.73. The zero-order valence-electron chi connectivity index (χ0n) is 15.4. The molecule has 144 valence electrons. The van der Waals surface area contributed by atoms with Crippen LogP contribution in [0.25, 0.3) is 0 Å². The molecule has 0 radical (unpaired) electrons. The van der Waals surface area contributed by atoms with Gasteiger partial charge in [0.2, 0.25) is 0 Å². The molecule has 0 spiro atoms. The summed E-state index contributed by atoms with van der Waals surface area (Å²) in [6, 6.07) is 12.7. The number of amides is 3. The summed E-state index contributed by atoms with van der Waals surface area (Å²) in [5.74, 6) is 0.316. The fourth-order valence-corrected chi connectivity index (χ4v) is 3.57. The fraction of sp³-hybridized carbons (Fsp3) is 0.238. The average Bonchev–Trinajstić information content (AvgIpc) is 3.02. The van der Waals surface area contributed by atoms with Crippen LogP contribution in [0.2, 0.25) is 0 Å². The van der Waals surface area contributed by atoms with Gasteiger partial charge in [-0.2, -0.15) is 0 Å². The normalized spacial score (nSPS) is 18.6. The SMILES string of the molecule is COc1ccc([C@H]2NC(=O)NC3=C2C(=O)N(CCc2ccc(F)cc2)C3)cc1. The molecule has 7 heteroatoms. The molecule has 2 aromatic carbocycles. The van der Waals surface area contributed by atoms with E-state index in [1.807, 2.05) is 12.1 Å². The van der Waals surface area contributed by atoms with Crippen molar-refractivity contribution in [1.29, 1.82) is 0 Å². The number of nitrogens with zero attached hydrogens (tertiary/aromatic N) is 1. The number of halogens is 1. The molecule has 0 aliphatic carbocycles. The van der Waals surface area contributed by atoms with Crippen LogP contribution >= 0.6 is 0 Å². The number of ether oxygens (including phenoxy) is 1. The summed E-state index contributed by atoms with van der Waals surface area (Å²) in [6.45, 7) is 0.845. The van der Waals surface area contributed by atoms with E-state index in [9.17, 15) is 14.0 Å². The minimum Gasteiger partial charge on any atom is -0.497 e. The number of carbonyl (C=O) groups excluding carboxylic acids is 2. The molecule has 4 rings (SSSR count). The summed E-state index contributed by atoms with van der Waals surface area (Å²) in [7, 11) is 1.58. The van der Waals surface area contributed by atoms with Crippen molar-refractivity contribution < 1.29 is 18.7 Å². The predicted molar refractivity (Wildman–Crippen MR) is 101 cm³/mol. The maximum absolute atomic E-state index is 13.1. The van der Waals surface area contributed by atoms with E-state index in [-0.39, 0.29) is 17.8 Å². The minimum atomic E-state index is -0.502. The molecule has 0 saturated heterocycles. The zero-order chi connectivity index (χ0) is 19.7. The number of methoxy groups -OCH3 is 1. The number of carbonyl (C=O) groups is 2. The van der Waals surface area contributed by atoms with Crippen LogP contribution in [0, 0.1) is 5.82 Å². The van der Waals surface area contributed by atoms with Gasteiger partial charge in [0.05, 0.1) is 31.0 Å². The molecule has 2 heterocycles. The van der Waals surface area contributed by atoms with Gasteiger partial charge in [-0.25, -0.2) is 9.18 Å².